The summed E-state index contributed by atoms with van der Waals surface area (Å²) in [5.41, 5.74) is 12.6. The van der Waals surface area contributed by atoms with E-state index in [1.807, 2.05) is 66.7 Å². The third-order valence-electron chi connectivity index (χ3n) is 10.5. The summed E-state index contributed by atoms with van der Waals surface area (Å²) in [6.07, 6.45) is 0. The van der Waals surface area contributed by atoms with Crippen molar-refractivity contribution >= 4 is 43.9 Å². The number of furan rings is 2. The fourth-order valence-electron chi connectivity index (χ4n) is 7.69. The number of benzene rings is 8. The molecule has 8 aromatic carbocycles. The molecule has 0 aliphatic heterocycles. The minimum atomic E-state index is 0.587. The van der Waals surface area contributed by atoms with Gasteiger partial charge in [0.25, 0.3) is 0 Å². The zero-order valence-corrected chi connectivity index (χ0v) is 30.1. The highest BCUT2D eigenvalue weighted by atomic mass is 16.3. The Morgan fingerprint density at radius 3 is 1.32 bits per heavy atom. The van der Waals surface area contributed by atoms with Crippen LogP contribution in [0.2, 0.25) is 0 Å². The van der Waals surface area contributed by atoms with Gasteiger partial charge in [0.05, 0.1) is 0 Å². The van der Waals surface area contributed by atoms with Gasteiger partial charge >= 0.3 is 0 Å². The van der Waals surface area contributed by atoms with Crippen LogP contribution < -0.4 is 0 Å². The van der Waals surface area contributed by atoms with Crippen LogP contribution in [0.4, 0.5) is 0 Å². The highest BCUT2D eigenvalue weighted by molar-refractivity contribution is 6.07. The van der Waals surface area contributed by atoms with Crippen molar-refractivity contribution in [2.75, 3.05) is 0 Å². The third kappa shape index (κ3) is 5.62. The molecule has 0 N–H and O–H groups in total. The van der Waals surface area contributed by atoms with Crippen LogP contribution in [0.3, 0.4) is 0 Å². The first-order valence-corrected chi connectivity index (χ1v) is 18.7. The first kappa shape index (κ1) is 31.9. The zero-order valence-electron chi connectivity index (χ0n) is 30.1. The molecule has 3 heterocycles. The Morgan fingerprint density at radius 1 is 0.232 bits per heavy atom. The van der Waals surface area contributed by atoms with E-state index in [1.165, 1.54) is 0 Å². The Labute approximate surface area is 322 Å². The Balaban J connectivity index is 1.11. The summed E-state index contributed by atoms with van der Waals surface area (Å²) in [4.78, 5) is 15.3. The van der Waals surface area contributed by atoms with Gasteiger partial charge in [0.1, 0.15) is 22.3 Å². The lowest BCUT2D eigenvalue weighted by atomic mass is 9.94. The van der Waals surface area contributed by atoms with Crippen molar-refractivity contribution in [3.05, 3.63) is 188 Å². The molecule has 0 aliphatic rings. The maximum absolute atomic E-state index is 6.35. The summed E-state index contributed by atoms with van der Waals surface area (Å²) in [5, 5.41) is 4.35. The summed E-state index contributed by atoms with van der Waals surface area (Å²) in [6.45, 7) is 0. The lowest BCUT2D eigenvalue weighted by Gasteiger charge is -2.13. The first-order chi connectivity index (χ1) is 27.7. The Hall–Kier alpha value is -7.63. The molecule has 0 aliphatic carbocycles. The van der Waals surface area contributed by atoms with E-state index in [0.717, 1.165) is 93.9 Å². The lowest BCUT2D eigenvalue weighted by Crippen LogP contribution is -2.00. The summed E-state index contributed by atoms with van der Waals surface area (Å²) in [6, 6.07) is 64.7. The van der Waals surface area contributed by atoms with Gasteiger partial charge in [0.15, 0.2) is 17.5 Å². The fraction of sp³-hybridized carbons (Fsp3) is 0. The monoisotopic (exact) mass is 717 g/mol. The highest BCUT2D eigenvalue weighted by Crippen LogP contribution is 2.38. The molecule has 11 rings (SSSR count). The first-order valence-electron chi connectivity index (χ1n) is 18.7. The van der Waals surface area contributed by atoms with Crippen LogP contribution in [0, 0.1) is 0 Å². The Kier molecular flexibility index (Phi) is 7.42. The molecule has 3 aromatic heterocycles. The Bertz CT molecular complexity index is 3240. The summed E-state index contributed by atoms with van der Waals surface area (Å²) >= 11 is 0. The number of fused-ring (bicyclic) bond motifs is 6. The van der Waals surface area contributed by atoms with Crippen LogP contribution in [0.1, 0.15) is 0 Å². The molecular formula is C51H31N3O2. The Morgan fingerprint density at radius 2 is 0.643 bits per heavy atom. The number of hydrogen-bond acceptors (Lipinski definition) is 5. The predicted octanol–water partition coefficient (Wildman–Crippen LogP) is 13.7. The SMILES string of the molecule is c1ccc(-c2ccc(-c3nc(-c4ccccc4)nc(-c4cc(-c5ccc6c(c5)oc5ccccc56)cc(-c5ccc6oc7ccccc7c6c5)c4)n3)cc2)cc1. The van der Waals surface area contributed by atoms with Gasteiger partial charge in [0.2, 0.25) is 0 Å². The molecule has 0 unspecified atom stereocenters. The molecular weight excluding hydrogens is 687 g/mol. The maximum Gasteiger partial charge on any atom is 0.164 e. The molecule has 262 valence electrons. The van der Waals surface area contributed by atoms with Gasteiger partial charge in [-0.25, -0.2) is 15.0 Å². The normalized spacial score (nSPS) is 11.6. The van der Waals surface area contributed by atoms with Crippen molar-refractivity contribution in [1.82, 2.24) is 15.0 Å². The standard InChI is InChI=1S/C51H31N3O2/c1-3-11-32(12-4-1)33-19-21-35(22-20-33)50-52-49(34-13-5-2-6-14-34)53-51(54-50)40-28-38(36-24-26-47-44(30-36)42-16-8-10-18-46(42)55-47)27-39(29-40)37-23-25-43-41-15-7-9-17-45(41)56-48(43)31-37/h1-31H. The minimum absolute atomic E-state index is 0.587. The van der Waals surface area contributed by atoms with Gasteiger partial charge < -0.3 is 8.83 Å². The number of rotatable bonds is 6. The fourth-order valence-corrected chi connectivity index (χ4v) is 7.69. The average Bonchev–Trinajstić information content (AvgIpc) is 3.84. The van der Waals surface area contributed by atoms with Crippen molar-refractivity contribution < 1.29 is 8.83 Å². The van der Waals surface area contributed by atoms with Crippen molar-refractivity contribution in [3.63, 3.8) is 0 Å². The summed E-state index contributed by atoms with van der Waals surface area (Å²) < 4.78 is 12.5. The molecule has 11 aromatic rings. The molecule has 0 spiro atoms. The minimum Gasteiger partial charge on any atom is -0.456 e. The van der Waals surface area contributed by atoms with Gasteiger partial charge in [-0.05, 0) is 88.0 Å². The number of aromatic nitrogens is 3. The molecule has 0 amide bonds. The van der Waals surface area contributed by atoms with E-state index in [1.54, 1.807) is 0 Å². The molecule has 56 heavy (non-hydrogen) atoms. The summed E-state index contributed by atoms with van der Waals surface area (Å²) in [7, 11) is 0. The van der Waals surface area contributed by atoms with Crippen LogP contribution in [0.15, 0.2) is 197 Å². The maximum atomic E-state index is 6.35. The average molecular weight is 718 g/mol. The van der Waals surface area contributed by atoms with E-state index in [9.17, 15) is 0 Å². The number of nitrogens with zero attached hydrogens (tertiary/aromatic N) is 3. The van der Waals surface area contributed by atoms with Gasteiger partial charge in [-0.2, -0.15) is 0 Å². The number of para-hydroxylation sites is 2. The van der Waals surface area contributed by atoms with Gasteiger partial charge in [0, 0.05) is 38.2 Å². The molecule has 0 saturated heterocycles. The van der Waals surface area contributed by atoms with Crippen LogP contribution in [0.5, 0.6) is 0 Å². The van der Waals surface area contributed by atoms with E-state index >= 15 is 0 Å². The van der Waals surface area contributed by atoms with Crippen LogP contribution in [0.25, 0.3) is 111 Å². The molecule has 0 atom stereocenters. The lowest BCUT2D eigenvalue weighted by molar-refractivity contribution is 0.668. The van der Waals surface area contributed by atoms with Crippen LogP contribution >= 0.6 is 0 Å². The quantitative estimate of drug-likeness (QED) is 0.171. The molecule has 5 heteroatoms. The van der Waals surface area contributed by atoms with Crippen molar-refractivity contribution in [2.45, 2.75) is 0 Å². The second kappa shape index (κ2) is 13.0. The highest BCUT2D eigenvalue weighted by Gasteiger charge is 2.17. The van der Waals surface area contributed by atoms with E-state index in [-0.39, 0.29) is 0 Å². The summed E-state index contributed by atoms with van der Waals surface area (Å²) in [5.74, 6) is 1.80. The van der Waals surface area contributed by atoms with Crippen LogP contribution in [-0.2, 0) is 0 Å². The molecule has 5 nitrogen and oxygen atoms in total. The number of hydrogen-bond donors (Lipinski definition) is 0. The molecule has 0 fully saturated rings. The van der Waals surface area contributed by atoms with E-state index in [4.69, 9.17) is 23.8 Å². The largest absolute Gasteiger partial charge is 0.456 e. The van der Waals surface area contributed by atoms with Crippen molar-refractivity contribution in [2.24, 2.45) is 0 Å². The van der Waals surface area contributed by atoms with Crippen molar-refractivity contribution in [3.8, 4) is 67.5 Å². The third-order valence-corrected chi connectivity index (χ3v) is 10.5. The zero-order chi connectivity index (χ0) is 37.0. The van der Waals surface area contributed by atoms with Gasteiger partial charge in [-0.1, -0.05) is 133 Å². The second-order valence-corrected chi connectivity index (χ2v) is 14.0. The van der Waals surface area contributed by atoms with E-state index in [0.29, 0.717) is 17.5 Å². The topological polar surface area (TPSA) is 65.0 Å². The van der Waals surface area contributed by atoms with Crippen LogP contribution in [-0.4, -0.2) is 15.0 Å². The molecule has 0 bridgehead atoms. The van der Waals surface area contributed by atoms with Crippen molar-refractivity contribution in [1.29, 1.82) is 0 Å². The van der Waals surface area contributed by atoms with E-state index in [2.05, 4.69) is 121 Å². The van der Waals surface area contributed by atoms with E-state index < -0.39 is 0 Å². The smallest absolute Gasteiger partial charge is 0.164 e. The van der Waals surface area contributed by atoms with Gasteiger partial charge in [-0.3, -0.25) is 0 Å². The second-order valence-electron chi connectivity index (χ2n) is 14.0. The molecule has 0 saturated carbocycles. The molecule has 0 radical (unpaired) electrons. The predicted molar refractivity (Wildman–Crippen MR) is 227 cm³/mol. The van der Waals surface area contributed by atoms with Gasteiger partial charge in [-0.15, -0.1) is 0 Å².